The van der Waals surface area contributed by atoms with Crippen LogP contribution in [-0.4, -0.2) is 35.7 Å². The number of carbonyl (C=O) groups is 2. The van der Waals surface area contributed by atoms with Gasteiger partial charge in [0.15, 0.2) is 5.78 Å². The third-order valence-electron chi connectivity index (χ3n) is 2.33. The molecule has 0 aliphatic rings. The van der Waals surface area contributed by atoms with Gasteiger partial charge in [0.25, 0.3) is 0 Å². The SMILES string of the molecule is CC(=O)OCCOc1ccc(C(=O)C(C)(C)O)cc1. The monoisotopic (exact) mass is 266 g/mol. The fraction of sp³-hybridized carbons (Fsp3) is 0.429. The van der Waals surface area contributed by atoms with Gasteiger partial charge in [-0.3, -0.25) is 9.59 Å². The second-order valence-electron chi connectivity index (χ2n) is 4.60. The van der Waals surface area contributed by atoms with E-state index in [1.165, 1.54) is 20.8 Å². The van der Waals surface area contributed by atoms with Gasteiger partial charge in [-0.1, -0.05) is 0 Å². The van der Waals surface area contributed by atoms with Crippen molar-refractivity contribution in [3.63, 3.8) is 0 Å². The summed E-state index contributed by atoms with van der Waals surface area (Å²) in [5.41, 5.74) is -0.975. The minimum atomic E-state index is -1.39. The van der Waals surface area contributed by atoms with Gasteiger partial charge in [-0.15, -0.1) is 0 Å². The van der Waals surface area contributed by atoms with E-state index in [4.69, 9.17) is 9.47 Å². The van der Waals surface area contributed by atoms with Crippen LogP contribution in [0.1, 0.15) is 31.1 Å². The van der Waals surface area contributed by atoms with Crippen LogP contribution in [0.5, 0.6) is 5.75 Å². The molecule has 19 heavy (non-hydrogen) atoms. The molecule has 0 aliphatic carbocycles. The van der Waals surface area contributed by atoms with Crippen molar-refractivity contribution in [2.45, 2.75) is 26.4 Å². The van der Waals surface area contributed by atoms with E-state index >= 15 is 0 Å². The molecule has 1 aromatic rings. The molecule has 0 heterocycles. The maximum atomic E-state index is 11.8. The summed E-state index contributed by atoms with van der Waals surface area (Å²) >= 11 is 0. The van der Waals surface area contributed by atoms with Crippen molar-refractivity contribution in [2.75, 3.05) is 13.2 Å². The molecular weight excluding hydrogens is 248 g/mol. The highest BCUT2D eigenvalue weighted by Gasteiger charge is 2.24. The number of ether oxygens (including phenoxy) is 2. The van der Waals surface area contributed by atoms with Gasteiger partial charge in [0.1, 0.15) is 24.6 Å². The molecule has 5 nitrogen and oxygen atoms in total. The predicted molar refractivity (Wildman–Crippen MR) is 69.2 cm³/mol. The lowest BCUT2D eigenvalue weighted by atomic mass is 9.97. The number of Topliss-reactive ketones (excluding diaryl/α,β-unsaturated/α-hetero) is 1. The second kappa shape index (κ2) is 6.33. The van der Waals surface area contributed by atoms with Crippen molar-refractivity contribution in [3.05, 3.63) is 29.8 Å². The summed E-state index contributed by atoms with van der Waals surface area (Å²) in [6.07, 6.45) is 0. The fourth-order valence-corrected chi connectivity index (χ4v) is 1.40. The Hall–Kier alpha value is -1.88. The van der Waals surface area contributed by atoms with E-state index < -0.39 is 5.60 Å². The average Bonchev–Trinajstić information content (AvgIpc) is 2.33. The van der Waals surface area contributed by atoms with Crippen LogP contribution in [0.2, 0.25) is 0 Å². The number of esters is 1. The number of benzene rings is 1. The Kier molecular flexibility index (Phi) is 5.06. The van der Waals surface area contributed by atoms with Gasteiger partial charge in [0, 0.05) is 12.5 Å². The third-order valence-corrected chi connectivity index (χ3v) is 2.33. The van der Waals surface area contributed by atoms with Crippen LogP contribution in [0, 0.1) is 0 Å². The summed E-state index contributed by atoms with van der Waals surface area (Å²) in [6, 6.07) is 6.43. The van der Waals surface area contributed by atoms with Crippen molar-refractivity contribution in [1.82, 2.24) is 0 Å². The molecule has 0 radical (unpaired) electrons. The minimum absolute atomic E-state index is 0.180. The smallest absolute Gasteiger partial charge is 0.302 e. The Balaban J connectivity index is 2.53. The highest BCUT2D eigenvalue weighted by Crippen LogP contribution is 2.17. The minimum Gasteiger partial charge on any atom is -0.490 e. The van der Waals surface area contributed by atoms with Gasteiger partial charge in [0.05, 0.1) is 0 Å². The van der Waals surface area contributed by atoms with Gasteiger partial charge in [-0.05, 0) is 38.1 Å². The maximum absolute atomic E-state index is 11.8. The summed E-state index contributed by atoms with van der Waals surface area (Å²) < 4.78 is 10.0. The molecule has 0 amide bonds. The van der Waals surface area contributed by atoms with Crippen molar-refractivity contribution in [1.29, 1.82) is 0 Å². The molecule has 104 valence electrons. The van der Waals surface area contributed by atoms with Crippen molar-refractivity contribution < 1.29 is 24.2 Å². The molecule has 0 spiro atoms. The highest BCUT2D eigenvalue weighted by atomic mass is 16.6. The predicted octanol–water partition coefficient (Wildman–Crippen LogP) is 1.58. The first kappa shape index (κ1) is 15.2. The van der Waals surface area contributed by atoms with E-state index in [1.54, 1.807) is 24.3 Å². The molecule has 0 aliphatic heterocycles. The number of carbonyl (C=O) groups excluding carboxylic acids is 2. The molecular formula is C14H18O5. The second-order valence-corrected chi connectivity index (χ2v) is 4.60. The Morgan fingerprint density at radius 3 is 2.21 bits per heavy atom. The van der Waals surface area contributed by atoms with E-state index in [0.717, 1.165) is 0 Å². The van der Waals surface area contributed by atoms with Gasteiger partial charge < -0.3 is 14.6 Å². The molecule has 0 aromatic heterocycles. The Morgan fingerprint density at radius 1 is 1.16 bits per heavy atom. The molecule has 0 fully saturated rings. The Labute approximate surface area is 112 Å². The van der Waals surface area contributed by atoms with Crippen molar-refractivity contribution >= 4 is 11.8 Å². The molecule has 1 rings (SSSR count). The summed E-state index contributed by atoms with van der Waals surface area (Å²) in [4.78, 5) is 22.3. The average molecular weight is 266 g/mol. The topological polar surface area (TPSA) is 72.8 Å². The van der Waals surface area contributed by atoms with Gasteiger partial charge in [-0.25, -0.2) is 0 Å². The molecule has 5 heteroatoms. The van der Waals surface area contributed by atoms with Crippen LogP contribution in [0.25, 0.3) is 0 Å². The lowest BCUT2D eigenvalue weighted by Crippen LogP contribution is -2.30. The molecule has 1 aromatic carbocycles. The first-order valence-electron chi connectivity index (χ1n) is 5.94. The zero-order valence-corrected chi connectivity index (χ0v) is 11.3. The summed E-state index contributed by atoms with van der Waals surface area (Å²) in [6.45, 7) is 4.65. The third kappa shape index (κ3) is 5.09. The van der Waals surface area contributed by atoms with Crippen LogP contribution in [-0.2, 0) is 9.53 Å². The standard InChI is InChI=1S/C14H18O5/c1-10(15)18-8-9-19-12-6-4-11(5-7-12)13(16)14(2,3)17/h4-7,17H,8-9H2,1-3H3. The van der Waals surface area contributed by atoms with Crippen LogP contribution in [0.3, 0.4) is 0 Å². The van der Waals surface area contributed by atoms with E-state index in [9.17, 15) is 14.7 Å². The highest BCUT2D eigenvalue weighted by molar-refractivity contribution is 6.01. The van der Waals surface area contributed by atoms with E-state index in [-0.39, 0.29) is 25.0 Å². The normalized spacial score (nSPS) is 10.9. The van der Waals surface area contributed by atoms with E-state index in [0.29, 0.717) is 11.3 Å². The van der Waals surface area contributed by atoms with E-state index in [1.807, 2.05) is 0 Å². The molecule has 0 atom stereocenters. The largest absolute Gasteiger partial charge is 0.490 e. The lowest BCUT2D eigenvalue weighted by Gasteiger charge is -2.15. The van der Waals surface area contributed by atoms with Crippen molar-refractivity contribution in [2.24, 2.45) is 0 Å². The maximum Gasteiger partial charge on any atom is 0.302 e. The first-order valence-corrected chi connectivity index (χ1v) is 5.94. The summed E-state index contributed by atoms with van der Waals surface area (Å²) in [5.74, 6) is -0.131. The van der Waals surface area contributed by atoms with Gasteiger partial charge >= 0.3 is 5.97 Å². The molecule has 0 bridgehead atoms. The summed E-state index contributed by atoms with van der Waals surface area (Å²) in [7, 11) is 0. The number of ketones is 1. The quantitative estimate of drug-likeness (QED) is 0.481. The lowest BCUT2D eigenvalue weighted by molar-refractivity contribution is -0.141. The van der Waals surface area contributed by atoms with Gasteiger partial charge in [0.2, 0.25) is 0 Å². The van der Waals surface area contributed by atoms with Crippen LogP contribution in [0.15, 0.2) is 24.3 Å². The van der Waals surface area contributed by atoms with E-state index in [2.05, 4.69) is 0 Å². The summed E-state index contributed by atoms with van der Waals surface area (Å²) in [5, 5.41) is 9.60. The van der Waals surface area contributed by atoms with Crippen LogP contribution < -0.4 is 4.74 Å². The number of aliphatic hydroxyl groups is 1. The van der Waals surface area contributed by atoms with Crippen LogP contribution >= 0.6 is 0 Å². The number of hydrogen-bond donors (Lipinski definition) is 1. The van der Waals surface area contributed by atoms with Crippen LogP contribution in [0.4, 0.5) is 0 Å². The fourth-order valence-electron chi connectivity index (χ4n) is 1.40. The van der Waals surface area contributed by atoms with Gasteiger partial charge in [-0.2, -0.15) is 0 Å². The number of rotatable bonds is 6. The first-order chi connectivity index (χ1) is 8.80. The Morgan fingerprint density at radius 2 is 1.74 bits per heavy atom. The molecule has 0 saturated carbocycles. The molecule has 0 saturated heterocycles. The zero-order chi connectivity index (χ0) is 14.5. The Bertz CT molecular complexity index is 442. The molecule has 0 unspecified atom stereocenters. The molecule has 1 N–H and O–H groups in total. The number of hydrogen-bond acceptors (Lipinski definition) is 5. The van der Waals surface area contributed by atoms with Crippen molar-refractivity contribution in [3.8, 4) is 5.75 Å². The zero-order valence-electron chi connectivity index (χ0n) is 11.3.